The topological polar surface area (TPSA) is 146 Å². The van der Waals surface area contributed by atoms with Gasteiger partial charge in [0.05, 0.1) is 32.0 Å². The van der Waals surface area contributed by atoms with Crippen LogP contribution in [0.15, 0.2) is 24.3 Å². The Balaban J connectivity index is 1.95. The maximum Gasteiger partial charge on any atom is 0.348 e. The lowest BCUT2D eigenvalue weighted by Crippen LogP contribution is -2.32. The maximum atomic E-state index is 12.3. The summed E-state index contributed by atoms with van der Waals surface area (Å²) in [6, 6.07) is 6.54. The van der Waals surface area contributed by atoms with Crippen LogP contribution in [-0.4, -0.2) is 63.7 Å². The Kier molecular flexibility index (Phi) is 9.56. The molecule has 11 nitrogen and oxygen atoms in total. The quantitative estimate of drug-likeness (QED) is 0.375. The number of thiophene rings is 1. The molecule has 0 atom stereocenters. The highest BCUT2D eigenvalue weighted by atomic mass is 32.1. The summed E-state index contributed by atoms with van der Waals surface area (Å²) in [6.45, 7) is 2.49. The summed E-state index contributed by atoms with van der Waals surface area (Å²) in [5.74, 6) is -3.23. The summed E-state index contributed by atoms with van der Waals surface area (Å²) in [7, 11) is 2.34. The highest BCUT2D eigenvalue weighted by Gasteiger charge is 2.27. The second-order valence-corrected chi connectivity index (χ2v) is 7.58. The molecule has 1 aromatic heterocycles. The molecule has 1 heterocycles. The number of carbonyl (C=O) groups is 5. The molecule has 0 unspecified atom stereocenters. The van der Waals surface area contributed by atoms with Crippen molar-refractivity contribution < 1.29 is 42.9 Å². The van der Waals surface area contributed by atoms with E-state index in [1.807, 2.05) is 0 Å². The zero-order valence-electron chi connectivity index (χ0n) is 19.0. The van der Waals surface area contributed by atoms with E-state index < -0.39 is 42.9 Å². The van der Waals surface area contributed by atoms with E-state index in [9.17, 15) is 24.0 Å². The van der Waals surface area contributed by atoms with E-state index in [1.165, 1.54) is 14.0 Å². The van der Waals surface area contributed by atoms with E-state index in [4.69, 9.17) is 14.2 Å². The van der Waals surface area contributed by atoms with Gasteiger partial charge in [0.2, 0.25) is 0 Å². The van der Waals surface area contributed by atoms with E-state index in [0.717, 1.165) is 18.4 Å². The minimum atomic E-state index is -0.858. The minimum Gasteiger partial charge on any atom is -0.493 e. The zero-order valence-corrected chi connectivity index (χ0v) is 19.8. The first-order valence-corrected chi connectivity index (χ1v) is 10.8. The van der Waals surface area contributed by atoms with Gasteiger partial charge < -0.3 is 29.6 Å². The monoisotopic (exact) mass is 492 g/mol. The highest BCUT2D eigenvalue weighted by molar-refractivity contribution is 7.18. The minimum absolute atomic E-state index is 0.00666. The van der Waals surface area contributed by atoms with Crippen LogP contribution in [0.25, 0.3) is 0 Å². The average Bonchev–Trinajstić information content (AvgIpc) is 3.16. The van der Waals surface area contributed by atoms with Crippen LogP contribution >= 0.6 is 11.3 Å². The van der Waals surface area contributed by atoms with Crippen LogP contribution < -0.4 is 15.4 Å². The molecule has 0 saturated carbocycles. The van der Waals surface area contributed by atoms with Crippen LogP contribution in [0.5, 0.6) is 5.75 Å². The van der Waals surface area contributed by atoms with E-state index in [0.29, 0.717) is 12.4 Å². The summed E-state index contributed by atoms with van der Waals surface area (Å²) in [5.41, 5.74) is 0.526. The first kappa shape index (κ1) is 26.3. The molecule has 0 fully saturated rings. The van der Waals surface area contributed by atoms with Gasteiger partial charge in [-0.3, -0.25) is 14.4 Å². The predicted molar refractivity (Wildman–Crippen MR) is 121 cm³/mol. The van der Waals surface area contributed by atoms with Gasteiger partial charge in [-0.05, 0) is 31.5 Å². The van der Waals surface area contributed by atoms with Crippen molar-refractivity contribution in [2.45, 2.75) is 13.8 Å². The van der Waals surface area contributed by atoms with Crippen molar-refractivity contribution in [1.29, 1.82) is 0 Å². The van der Waals surface area contributed by atoms with Gasteiger partial charge in [0, 0.05) is 0 Å². The van der Waals surface area contributed by atoms with Gasteiger partial charge in [-0.1, -0.05) is 12.1 Å². The molecule has 0 aliphatic heterocycles. The lowest BCUT2D eigenvalue weighted by atomic mass is 10.1. The molecule has 1 aromatic carbocycles. The molecule has 12 heteroatoms. The van der Waals surface area contributed by atoms with Crippen molar-refractivity contribution in [3.63, 3.8) is 0 Å². The molecule has 2 N–H and O–H groups in total. The number of hydrogen-bond donors (Lipinski definition) is 2. The first-order valence-electron chi connectivity index (χ1n) is 9.98. The molecular weight excluding hydrogens is 468 g/mol. The normalized spacial score (nSPS) is 10.1. The van der Waals surface area contributed by atoms with Crippen molar-refractivity contribution in [2.75, 3.05) is 39.3 Å². The van der Waals surface area contributed by atoms with Crippen LogP contribution in [0, 0.1) is 6.92 Å². The summed E-state index contributed by atoms with van der Waals surface area (Å²) < 4.78 is 19.6. The van der Waals surface area contributed by atoms with Gasteiger partial charge in [0.15, 0.2) is 6.61 Å². The zero-order chi connectivity index (χ0) is 25.3. The van der Waals surface area contributed by atoms with Crippen LogP contribution in [0.2, 0.25) is 0 Å². The highest BCUT2D eigenvalue weighted by Crippen LogP contribution is 2.34. The van der Waals surface area contributed by atoms with E-state index >= 15 is 0 Å². The third-order valence-corrected chi connectivity index (χ3v) is 5.54. The molecule has 0 aliphatic rings. The third kappa shape index (κ3) is 6.54. The second kappa shape index (κ2) is 12.3. The van der Waals surface area contributed by atoms with Crippen LogP contribution in [0.3, 0.4) is 0 Å². The number of ether oxygens (including phenoxy) is 4. The number of nitrogens with one attached hydrogen (secondary N) is 2. The number of anilines is 1. The van der Waals surface area contributed by atoms with E-state index in [1.54, 1.807) is 31.2 Å². The predicted octanol–water partition coefficient (Wildman–Crippen LogP) is 1.94. The second-order valence-electron chi connectivity index (χ2n) is 6.56. The molecule has 0 radical (unpaired) electrons. The van der Waals surface area contributed by atoms with Crippen molar-refractivity contribution >= 4 is 46.1 Å². The van der Waals surface area contributed by atoms with Gasteiger partial charge >= 0.3 is 17.9 Å². The van der Waals surface area contributed by atoms with Crippen molar-refractivity contribution in [3.8, 4) is 5.75 Å². The molecular formula is C22H24N2O9S. The van der Waals surface area contributed by atoms with Crippen molar-refractivity contribution in [1.82, 2.24) is 5.32 Å². The summed E-state index contributed by atoms with van der Waals surface area (Å²) in [4.78, 5) is 60.7. The van der Waals surface area contributed by atoms with Gasteiger partial charge in [-0.15, -0.1) is 11.3 Å². The van der Waals surface area contributed by atoms with Crippen LogP contribution in [-0.2, 0) is 23.8 Å². The van der Waals surface area contributed by atoms with E-state index in [2.05, 4.69) is 15.4 Å². The number of hydrogen-bond acceptors (Lipinski definition) is 10. The number of rotatable bonds is 10. The molecule has 34 heavy (non-hydrogen) atoms. The van der Waals surface area contributed by atoms with E-state index in [-0.39, 0.29) is 26.6 Å². The van der Waals surface area contributed by atoms with Crippen LogP contribution in [0.1, 0.15) is 42.9 Å². The fraction of sp³-hybridized carbons (Fsp3) is 0.318. The van der Waals surface area contributed by atoms with Gasteiger partial charge in [-0.25, -0.2) is 9.59 Å². The largest absolute Gasteiger partial charge is 0.493 e. The molecule has 0 saturated heterocycles. The Labute approximate surface area is 199 Å². The lowest BCUT2D eigenvalue weighted by Gasteiger charge is -2.10. The number of methoxy groups -OCH3 is 2. The number of esters is 3. The molecule has 2 amide bonds. The number of para-hydroxylation sites is 1. The number of benzene rings is 1. The van der Waals surface area contributed by atoms with Crippen LogP contribution in [0.4, 0.5) is 5.00 Å². The molecule has 0 spiro atoms. The summed E-state index contributed by atoms with van der Waals surface area (Å²) in [5, 5.41) is 4.87. The summed E-state index contributed by atoms with van der Waals surface area (Å²) in [6.07, 6.45) is 0. The standard InChI is InChI=1S/C22H24N2O9S/c1-5-32-14-9-7-6-8-13(14)19(27)23-10-16(26)33-11-15(25)24-20-17(21(28)30-3)12(2)18(34-20)22(29)31-4/h6-9H,5,10-11H2,1-4H3,(H,23,27)(H,24,25). The Morgan fingerprint density at radius 2 is 1.68 bits per heavy atom. The SMILES string of the molecule is CCOc1ccccc1C(=O)NCC(=O)OCC(=O)Nc1sc(C(=O)OC)c(C)c1C(=O)OC. The molecule has 0 bridgehead atoms. The third-order valence-electron chi connectivity index (χ3n) is 4.35. The first-order chi connectivity index (χ1) is 16.2. The Bertz CT molecular complexity index is 1090. The number of carbonyl (C=O) groups excluding carboxylic acids is 5. The Morgan fingerprint density at radius 3 is 2.32 bits per heavy atom. The van der Waals surface area contributed by atoms with Crippen molar-refractivity contribution in [2.24, 2.45) is 0 Å². The fourth-order valence-corrected chi connectivity index (χ4v) is 3.91. The van der Waals surface area contributed by atoms with Gasteiger partial charge in [0.1, 0.15) is 22.2 Å². The lowest BCUT2D eigenvalue weighted by molar-refractivity contribution is -0.146. The Hall–Kier alpha value is -3.93. The van der Waals surface area contributed by atoms with Gasteiger partial charge in [0.25, 0.3) is 11.8 Å². The molecule has 182 valence electrons. The maximum absolute atomic E-state index is 12.3. The smallest absolute Gasteiger partial charge is 0.348 e. The number of amides is 2. The molecule has 2 rings (SSSR count). The average molecular weight is 493 g/mol. The molecule has 2 aromatic rings. The van der Waals surface area contributed by atoms with Gasteiger partial charge in [-0.2, -0.15) is 0 Å². The van der Waals surface area contributed by atoms with Crippen molar-refractivity contribution in [3.05, 3.63) is 45.8 Å². The summed E-state index contributed by atoms with van der Waals surface area (Å²) >= 11 is 0.825. The fourth-order valence-electron chi connectivity index (χ4n) is 2.78. The molecule has 0 aliphatic carbocycles. The Morgan fingerprint density at radius 1 is 1.00 bits per heavy atom.